The fourth-order valence-corrected chi connectivity index (χ4v) is 2.04. The summed E-state index contributed by atoms with van der Waals surface area (Å²) < 4.78 is 5.74. The van der Waals surface area contributed by atoms with Crippen molar-refractivity contribution in [2.24, 2.45) is 0 Å². The van der Waals surface area contributed by atoms with E-state index >= 15 is 0 Å². The van der Waals surface area contributed by atoms with Crippen molar-refractivity contribution >= 4 is 5.82 Å². The topological polar surface area (TPSA) is 58.5 Å². The molecule has 0 radical (unpaired) electrons. The van der Waals surface area contributed by atoms with E-state index in [1.165, 1.54) is 6.33 Å². The average Bonchev–Trinajstić information content (AvgIpc) is 2.28. The number of hydrogen-bond acceptors (Lipinski definition) is 5. The molecule has 2 rings (SSSR count). The van der Waals surface area contributed by atoms with Crippen LogP contribution in [0.15, 0.2) is 18.6 Å². The zero-order valence-corrected chi connectivity index (χ0v) is 9.63. The Bertz CT molecular complexity index is 342. The van der Waals surface area contributed by atoms with E-state index in [0.29, 0.717) is 6.54 Å². The van der Waals surface area contributed by atoms with E-state index in [1.54, 1.807) is 6.20 Å². The first-order chi connectivity index (χ1) is 7.61. The van der Waals surface area contributed by atoms with Gasteiger partial charge in [-0.05, 0) is 19.9 Å². The van der Waals surface area contributed by atoms with Crippen LogP contribution in [0.3, 0.4) is 0 Å². The maximum atomic E-state index is 9.20. The maximum absolute atomic E-state index is 9.20. The molecule has 1 N–H and O–H groups in total. The summed E-state index contributed by atoms with van der Waals surface area (Å²) in [7, 11) is 0. The van der Waals surface area contributed by atoms with Crippen molar-refractivity contribution < 1.29 is 9.84 Å². The molecular formula is C11H17N3O2. The van der Waals surface area contributed by atoms with Gasteiger partial charge in [0.05, 0.1) is 18.3 Å². The first-order valence-electron chi connectivity index (χ1n) is 5.40. The first kappa shape index (κ1) is 11.3. The van der Waals surface area contributed by atoms with Crippen molar-refractivity contribution in [3.8, 4) is 0 Å². The summed E-state index contributed by atoms with van der Waals surface area (Å²) in [6, 6.07) is 1.87. The van der Waals surface area contributed by atoms with Gasteiger partial charge in [0.25, 0.3) is 0 Å². The van der Waals surface area contributed by atoms with Crippen LogP contribution in [0.25, 0.3) is 0 Å². The molecule has 1 aliphatic rings. The number of morpholine rings is 1. The normalized spacial score (nSPS) is 24.4. The second kappa shape index (κ2) is 4.35. The highest BCUT2D eigenvalue weighted by molar-refractivity contribution is 5.38. The second-order valence-electron chi connectivity index (χ2n) is 4.63. The van der Waals surface area contributed by atoms with Crippen molar-refractivity contribution in [3.05, 3.63) is 18.6 Å². The number of hydrogen-bond donors (Lipinski definition) is 1. The van der Waals surface area contributed by atoms with Crippen LogP contribution in [0.1, 0.15) is 13.8 Å². The Morgan fingerprint density at radius 2 is 2.44 bits per heavy atom. The molecule has 1 aliphatic heterocycles. The van der Waals surface area contributed by atoms with Crippen molar-refractivity contribution in [1.82, 2.24) is 9.97 Å². The van der Waals surface area contributed by atoms with E-state index in [0.717, 1.165) is 12.4 Å². The Morgan fingerprint density at radius 3 is 3.06 bits per heavy atom. The molecule has 0 amide bonds. The molecule has 88 valence electrons. The quantitative estimate of drug-likeness (QED) is 0.789. The summed E-state index contributed by atoms with van der Waals surface area (Å²) in [4.78, 5) is 10.2. The van der Waals surface area contributed by atoms with Crippen molar-refractivity contribution in [2.75, 3.05) is 24.6 Å². The summed E-state index contributed by atoms with van der Waals surface area (Å²) in [5, 5.41) is 9.20. The van der Waals surface area contributed by atoms with Gasteiger partial charge in [0.15, 0.2) is 0 Å². The molecule has 2 heterocycles. The molecule has 0 saturated carbocycles. The van der Waals surface area contributed by atoms with Crippen LogP contribution in [0, 0.1) is 0 Å². The molecule has 1 fully saturated rings. The summed E-state index contributed by atoms with van der Waals surface area (Å²) >= 11 is 0. The lowest BCUT2D eigenvalue weighted by Gasteiger charge is -2.42. The lowest BCUT2D eigenvalue weighted by molar-refractivity contribution is -0.101. The van der Waals surface area contributed by atoms with E-state index in [2.05, 4.69) is 14.9 Å². The largest absolute Gasteiger partial charge is 0.394 e. The number of aromatic nitrogens is 2. The first-order valence-corrected chi connectivity index (χ1v) is 5.40. The Hall–Kier alpha value is -1.20. The molecule has 0 bridgehead atoms. The fraction of sp³-hybridized carbons (Fsp3) is 0.636. The molecule has 0 aromatic carbocycles. The van der Waals surface area contributed by atoms with Crippen molar-refractivity contribution in [1.29, 1.82) is 0 Å². The Morgan fingerprint density at radius 1 is 1.62 bits per heavy atom. The smallest absolute Gasteiger partial charge is 0.132 e. The SMILES string of the molecule is CC1(C)CN(c2ccncn2)CC(CO)O1. The molecule has 1 saturated heterocycles. The van der Waals surface area contributed by atoms with Crippen LogP contribution in [0.2, 0.25) is 0 Å². The van der Waals surface area contributed by atoms with E-state index in [4.69, 9.17) is 4.74 Å². The zero-order chi connectivity index (χ0) is 11.6. The van der Waals surface area contributed by atoms with Crippen LogP contribution in [0.4, 0.5) is 5.82 Å². The third-order valence-corrected chi connectivity index (χ3v) is 2.58. The van der Waals surface area contributed by atoms with Gasteiger partial charge in [-0.3, -0.25) is 0 Å². The lowest BCUT2D eigenvalue weighted by atomic mass is 10.1. The standard InChI is InChI=1S/C11H17N3O2/c1-11(2)7-14(5-9(6-15)16-11)10-3-4-12-8-13-10/h3-4,8-9,15H,5-7H2,1-2H3. The Kier molecular flexibility index (Phi) is 3.07. The fourth-order valence-electron chi connectivity index (χ4n) is 2.04. The number of aliphatic hydroxyl groups excluding tert-OH is 1. The van der Waals surface area contributed by atoms with Crippen LogP contribution >= 0.6 is 0 Å². The average molecular weight is 223 g/mol. The van der Waals surface area contributed by atoms with Gasteiger partial charge < -0.3 is 14.7 Å². The zero-order valence-electron chi connectivity index (χ0n) is 9.63. The van der Waals surface area contributed by atoms with Gasteiger partial charge in [-0.25, -0.2) is 9.97 Å². The molecule has 0 aliphatic carbocycles. The summed E-state index contributed by atoms with van der Waals surface area (Å²) in [6.45, 7) is 5.49. The third-order valence-electron chi connectivity index (χ3n) is 2.58. The second-order valence-corrected chi connectivity index (χ2v) is 4.63. The number of nitrogens with zero attached hydrogens (tertiary/aromatic N) is 3. The van der Waals surface area contributed by atoms with E-state index in [-0.39, 0.29) is 18.3 Å². The van der Waals surface area contributed by atoms with Gasteiger partial charge in [-0.1, -0.05) is 0 Å². The maximum Gasteiger partial charge on any atom is 0.132 e. The number of rotatable bonds is 2. The number of ether oxygens (including phenoxy) is 1. The van der Waals surface area contributed by atoms with Gasteiger partial charge in [-0.2, -0.15) is 0 Å². The number of anilines is 1. The molecule has 5 nitrogen and oxygen atoms in total. The molecular weight excluding hydrogens is 206 g/mol. The van der Waals surface area contributed by atoms with Gasteiger partial charge >= 0.3 is 0 Å². The molecule has 5 heteroatoms. The van der Waals surface area contributed by atoms with Gasteiger partial charge in [0.2, 0.25) is 0 Å². The van der Waals surface area contributed by atoms with E-state index in [9.17, 15) is 5.11 Å². The van der Waals surface area contributed by atoms with Gasteiger partial charge in [0, 0.05) is 19.3 Å². The molecule has 0 spiro atoms. The molecule has 1 aromatic rings. The summed E-state index contributed by atoms with van der Waals surface area (Å²) in [6.07, 6.45) is 3.10. The van der Waals surface area contributed by atoms with Crippen molar-refractivity contribution in [3.63, 3.8) is 0 Å². The highest BCUT2D eigenvalue weighted by Crippen LogP contribution is 2.24. The van der Waals surface area contributed by atoms with Crippen LogP contribution in [-0.2, 0) is 4.74 Å². The Balaban J connectivity index is 2.16. The molecule has 16 heavy (non-hydrogen) atoms. The van der Waals surface area contributed by atoms with Crippen LogP contribution in [0.5, 0.6) is 0 Å². The third kappa shape index (κ3) is 2.48. The number of aliphatic hydroxyl groups is 1. The minimum Gasteiger partial charge on any atom is -0.394 e. The van der Waals surface area contributed by atoms with Crippen LogP contribution < -0.4 is 4.90 Å². The minimum atomic E-state index is -0.267. The predicted octanol–water partition coefficient (Wildman–Crippen LogP) is 0.453. The van der Waals surface area contributed by atoms with Gasteiger partial charge in [0.1, 0.15) is 12.1 Å². The predicted molar refractivity (Wildman–Crippen MR) is 60.3 cm³/mol. The summed E-state index contributed by atoms with van der Waals surface area (Å²) in [5.74, 6) is 0.879. The van der Waals surface area contributed by atoms with Crippen molar-refractivity contribution in [2.45, 2.75) is 25.6 Å². The highest BCUT2D eigenvalue weighted by atomic mass is 16.5. The molecule has 1 unspecified atom stereocenters. The van der Waals surface area contributed by atoms with E-state index in [1.807, 2.05) is 19.9 Å². The minimum absolute atomic E-state index is 0.0328. The monoisotopic (exact) mass is 223 g/mol. The van der Waals surface area contributed by atoms with Crippen LogP contribution in [-0.4, -0.2) is 46.5 Å². The highest BCUT2D eigenvalue weighted by Gasteiger charge is 2.33. The molecule has 1 aromatic heterocycles. The summed E-state index contributed by atoms with van der Waals surface area (Å²) in [5.41, 5.74) is -0.267. The molecule has 1 atom stereocenters. The van der Waals surface area contributed by atoms with Gasteiger partial charge in [-0.15, -0.1) is 0 Å². The van der Waals surface area contributed by atoms with E-state index < -0.39 is 0 Å². The Labute approximate surface area is 95.1 Å². The lowest BCUT2D eigenvalue weighted by Crippen LogP contribution is -2.54.